The minimum absolute atomic E-state index is 0.717. The van der Waals surface area contributed by atoms with Crippen molar-refractivity contribution in [2.24, 2.45) is 0 Å². The molecule has 3 rings (SSSR count). The number of hydrogen-bond donors (Lipinski definition) is 1. The number of nitrogens with one attached hydrogen (secondary N) is 1. The van der Waals surface area contributed by atoms with Gasteiger partial charge in [-0.3, -0.25) is 0 Å². The van der Waals surface area contributed by atoms with E-state index >= 15 is 0 Å². The Bertz CT molecular complexity index is 502. The van der Waals surface area contributed by atoms with Crippen molar-refractivity contribution in [3.05, 3.63) is 48.0 Å². The number of rotatable bonds is 7. The fourth-order valence-corrected chi connectivity index (χ4v) is 2.21. The van der Waals surface area contributed by atoms with Crippen molar-refractivity contribution in [2.75, 3.05) is 0 Å². The molecule has 0 radical (unpaired) electrons. The van der Waals surface area contributed by atoms with Crippen LogP contribution >= 0.6 is 0 Å². The quantitative estimate of drug-likeness (QED) is 0.825. The van der Waals surface area contributed by atoms with Crippen molar-refractivity contribution in [3.63, 3.8) is 0 Å². The molecule has 1 N–H and O–H groups in total. The molecule has 4 nitrogen and oxygen atoms in total. The third-order valence-electron chi connectivity index (χ3n) is 3.50. The maximum Gasteiger partial charge on any atom is 0.140 e. The van der Waals surface area contributed by atoms with Crippen LogP contribution < -0.4 is 5.32 Å². The van der Waals surface area contributed by atoms with Gasteiger partial charge in [0, 0.05) is 12.6 Å². The van der Waals surface area contributed by atoms with Gasteiger partial charge in [-0.05, 0) is 31.2 Å². The lowest BCUT2D eigenvalue weighted by Gasteiger charge is -2.07. The summed E-state index contributed by atoms with van der Waals surface area (Å²) in [5, 5.41) is 7.80. The van der Waals surface area contributed by atoms with Crippen molar-refractivity contribution in [2.45, 2.75) is 44.8 Å². The monoisotopic (exact) mass is 256 g/mol. The van der Waals surface area contributed by atoms with Crippen molar-refractivity contribution < 1.29 is 0 Å². The van der Waals surface area contributed by atoms with Crippen LogP contribution in [0.1, 0.15) is 30.7 Å². The molecule has 1 aromatic heterocycles. The van der Waals surface area contributed by atoms with Gasteiger partial charge in [0.05, 0.1) is 6.54 Å². The Hall–Kier alpha value is -1.68. The summed E-state index contributed by atoms with van der Waals surface area (Å²) < 4.78 is 2.03. The second-order valence-electron chi connectivity index (χ2n) is 5.14. The van der Waals surface area contributed by atoms with Gasteiger partial charge >= 0.3 is 0 Å². The topological polar surface area (TPSA) is 42.7 Å². The molecule has 19 heavy (non-hydrogen) atoms. The maximum absolute atomic E-state index is 4.33. The van der Waals surface area contributed by atoms with E-state index in [0.29, 0.717) is 0 Å². The Labute approximate surface area is 113 Å². The van der Waals surface area contributed by atoms with E-state index in [1.54, 1.807) is 6.33 Å². The SMILES string of the molecule is c1ccc(CCCn2ncnc2CNC2CC2)cc1. The van der Waals surface area contributed by atoms with Gasteiger partial charge in [0.15, 0.2) is 0 Å². The third-order valence-corrected chi connectivity index (χ3v) is 3.50. The van der Waals surface area contributed by atoms with Gasteiger partial charge < -0.3 is 5.32 Å². The summed E-state index contributed by atoms with van der Waals surface area (Å²) in [7, 11) is 0. The summed E-state index contributed by atoms with van der Waals surface area (Å²) in [5.74, 6) is 1.06. The summed E-state index contributed by atoms with van der Waals surface area (Å²) >= 11 is 0. The average molecular weight is 256 g/mol. The van der Waals surface area contributed by atoms with Crippen molar-refractivity contribution in [1.29, 1.82) is 0 Å². The van der Waals surface area contributed by atoms with Crippen LogP contribution in [0.15, 0.2) is 36.7 Å². The van der Waals surface area contributed by atoms with E-state index in [-0.39, 0.29) is 0 Å². The first-order valence-electron chi connectivity index (χ1n) is 7.06. The number of hydrogen-bond acceptors (Lipinski definition) is 3. The van der Waals surface area contributed by atoms with E-state index in [1.165, 1.54) is 18.4 Å². The zero-order valence-corrected chi connectivity index (χ0v) is 11.1. The molecule has 0 unspecified atom stereocenters. The molecule has 1 aliphatic carbocycles. The van der Waals surface area contributed by atoms with Gasteiger partial charge in [0.2, 0.25) is 0 Å². The lowest BCUT2D eigenvalue weighted by molar-refractivity contribution is 0.528. The average Bonchev–Trinajstić information content (AvgIpc) is 3.17. The summed E-state index contributed by atoms with van der Waals surface area (Å²) in [6.07, 6.45) is 6.47. The number of aromatic nitrogens is 3. The molecule has 4 heteroatoms. The van der Waals surface area contributed by atoms with Gasteiger partial charge in [-0.2, -0.15) is 5.10 Å². The van der Waals surface area contributed by atoms with Crippen LogP contribution in [0.2, 0.25) is 0 Å². The van der Waals surface area contributed by atoms with Crippen LogP contribution in [0.3, 0.4) is 0 Å². The van der Waals surface area contributed by atoms with E-state index in [2.05, 4.69) is 45.7 Å². The van der Waals surface area contributed by atoms with E-state index in [4.69, 9.17) is 0 Å². The lowest BCUT2D eigenvalue weighted by Crippen LogP contribution is -2.19. The van der Waals surface area contributed by atoms with Gasteiger partial charge in [-0.15, -0.1) is 0 Å². The molecule has 0 spiro atoms. The number of benzene rings is 1. The Morgan fingerprint density at radius 2 is 2.05 bits per heavy atom. The zero-order valence-electron chi connectivity index (χ0n) is 11.1. The van der Waals surface area contributed by atoms with Crippen LogP contribution in [0.4, 0.5) is 0 Å². The predicted molar refractivity (Wildman–Crippen MR) is 74.6 cm³/mol. The predicted octanol–water partition coefficient (Wildman–Crippen LogP) is 2.16. The van der Waals surface area contributed by atoms with Crippen molar-refractivity contribution >= 4 is 0 Å². The molecule has 1 aliphatic rings. The largest absolute Gasteiger partial charge is 0.307 e. The molecule has 1 heterocycles. The van der Waals surface area contributed by atoms with Crippen molar-refractivity contribution in [1.82, 2.24) is 20.1 Å². The molecular formula is C15H20N4. The van der Waals surface area contributed by atoms with Crippen LogP contribution in [0.25, 0.3) is 0 Å². The van der Waals surface area contributed by atoms with E-state index in [1.807, 2.05) is 4.68 Å². The summed E-state index contributed by atoms with van der Waals surface area (Å²) in [6, 6.07) is 11.3. The van der Waals surface area contributed by atoms with Gasteiger partial charge in [0.25, 0.3) is 0 Å². The minimum atomic E-state index is 0.717. The van der Waals surface area contributed by atoms with Crippen LogP contribution in [-0.4, -0.2) is 20.8 Å². The molecule has 1 fully saturated rings. The molecule has 0 saturated heterocycles. The first-order chi connectivity index (χ1) is 9.42. The molecule has 1 aromatic carbocycles. The molecule has 100 valence electrons. The molecule has 0 bridgehead atoms. The highest BCUT2D eigenvalue weighted by molar-refractivity contribution is 5.14. The molecule has 0 aliphatic heterocycles. The fraction of sp³-hybridized carbons (Fsp3) is 0.467. The first kappa shape index (κ1) is 12.4. The maximum atomic E-state index is 4.33. The number of nitrogens with zero attached hydrogens (tertiary/aromatic N) is 3. The molecule has 2 aromatic rings. The summed E-state index contributed by atoms with van der Waals surface area (Å²) in [5.41, 5.74) is 1.39. The Morgan fingerprint density at radius 3 is 2.84 bits per heavy atom. The van der Waals surface area contributed by atoms with Crippen LogP contribution in [0, 0.1) is 0 Å². The van der Waals surface area contributed by atoms with Gasteiger partial charge in [-0.1, -0.05) is 30.3 Å². The number of aryl methyl sites for hydroxylation is 2. The second kappa shape index (κ2) is 5.97. The normalized spacial score (nSPS) is 14.7. The Kier molecular flexibility index (Phi) is 3.89. The summed E-state index contributed by atoms with van der Waals surface area (Å²) in [4.78, 5) is 4.33. The lowest BCUT2D eigenvalue weighted by atomic mass is 10.1. The van der Waals surface area contributed by atoms with Crippen LogP contribution in [-0.2, 0) is 19.5 Å². The van der Waals surface area contributed by atoms with Crippen LogP contribution in [0.5, 0.6) is 0 Å². The highest BCUT2D eigenvalue weighted by Crippen LogP contribution is 2.18. The first-order valence-corrected chi connectivity index (χ1v) is 7.06. The molecule has 0 atom stereocenters. The highest BCUT2D eigenvalue weighted by Gasteiger charge is 2.20. The zero-order chi connectivity index (χ0) is 12.9. The molecule has 0 amide bonds. The molecular weight excluding hydrogens is 236 g/mol. The molecule has 1 saturated carbocycles. The van der Waals surface area contributed by atoms with Crippen molar-refractivity contribution in [3.8, 4) is 0 Å². The second-order valence-corrected chi connectivity index (χ2v) is 5.14. The van der Waals surface area contributed by atoms with Gasteiger partial charge in [-0.25, -0.2) is 9.67 Å². The van der Waals surface area contributed by atoms with E-state index < -0.39 is 0 Å². The van der Waals surface area contributed by atoms with Gasteiger partial charge in [0.1, 0.15) is 12.2 Å². The van der Waals surface area contributed by atoms with E-state index in [9.17, 15) is 0 Å². The smallest absolute Gasteiger partial charge is 0.140 e. The summed E-state index contributed by atoms with van der Waals surface area (Å²) in [6.45, 7) is 1.78. The fourth-order valence-electron chi connectivity index (χ4n) is 2.21. The van der Waals surface area contributed by atoms with E-state index in [0.717, 1.165) is 37.8 Å². The Morgan fingerprint density at radius 1 is 1.21 bits per heavy atom. The minimum Gasteiger partial charge on any atom is -0.307 e. The third kappa shape index (κ3) is 3.64. The highest BCUT2D eigenvalue weighted by atomic mass is 15.3. The Balaban J connectivity index is 1.47. The standard InChI is InChI=1S/C15H20N4/c1-2-5-13(6-3-1)7-4-10-19-15(17-12-18-19)11-16-14-8-9-14/h1-3,5-6,12,14,16H,4,7-11H2.